The Morgan fingerprint density at radius 2 is 1.82 bits per heavy atom. The van der Waals surface area contributed by atoms with Gasteiger partial charge >= 0.3 is 5.63 Å². The fourth-order valence-corrected chi connectivity index (χ4v) is 3.08. The van der Waals surface area contributed by atoms with Crippen molar-refractivity contribution in [3.8, 4) is 5.75 Å². The number of para-hydroxylation sites is 2. The summed E-state index contributed by atoms with van der Waals surface area (Å²) in [6.07, 6.45) is 0. The number of ether oxygens (including phenoxy) is 1. The molecule has 0 fully saturated rings. The molecule has 0 aliphatic heterocycles. The number of hydrogen-bond donors (Lipinski definition) is 1. The van der Waals surface area contributed by atoms with Gasteiger partial charge in [0.2, 0.25) is 0 Å². The highest BCUT2D eigenvalue weighted by atomic mass is 16.5. The number of amides is 1. The molecule has 1 heterocycles. The van der Waals surface area contributed by atoms with E-state index in [9.17, 15) is 9.59 Å². The third-order valence-corrected chi connectivity index (χ3v) is 4.53. The van der Waals surface area contributed by atoms with Gasteiger partial charge < -0.3 is 19.4 Å². The molecule has 0 spiro atoms. The summed E-state index contributed by atoms with van der Waals surface area (Å²) in [5, 5.41) is 3.43. The van der Waals surface area contributed by atoms with E-state index in [0.717, 1.165) is 18.8 Å². The van der Waals surface area contributed by atoms with Crippen molar-refractivity contribution in [1.29, 1.82) is 0 Å². The Hall–Kier alpha value is -3.28. The molecule has 6 nitrogen and oxygen atoms in total. The maximum absolute atomic E-state index is 12.7. The Labute approximate surface area is 163 Å². The van der Waals surface area contributed by atoms with Gasteiger partial charge in [-0.1, -0.05) is 12.1 Å². The van der Waals surface area contributed by atoms with Crippen molar-refractivity contribution in [1.82, 2.24) is 0 Å². The van der Waals surface area contributed by atoms with Crippen molar-refractivity contribution < 1.29 is 13.9 Å². The van der Waals surface area contributed by atoms with Gasteiger partial charge in [0, 0.05) is 30.2 Å². The Bertz CT molecular complexity index is 1040. The zero-order chi connectivity index (χ0) is 20.1. The molecule has 0 aliphatic rings. The van der Waals surface area contributed by atoms with Crippen LogP contribution in [-0.4, -0.2) is 25.6 Å². The minimum atomic E-state index is -0.671. The van der Waals surface area contributed by atoms with E-state index in [0.29, 0.717) is 29.0 Å². The van der Waals surface area contributed by atoms with Crippen LogP contribution < -0.4 is 20.6 Å². The number of nitrogens with zero attached hydrogens (tertiary/aromatic N) is 1. The van der Waals surface area contributed by atoms with Crippen LogP contribution in [-0.2, 0) is 0 Å². The van der Waals surface area contributed by atoms with E-state index in [-0.39, 0.29) is 5.56 Å². The Morgan fingerprint density at radius 1 is 1.07 bits per heavy atom. The van der Waals surface area contributed by atoms with Gasteiger partial charge in [-0.15, -0.1) is 0 Å². The Balaban J connectivity index is 1.93. The quantitative estimate of drug-likeness (QED) is 0.619. The molecule has 0 saturated carbocycles. The van der Waals surface area contributed by atoms with Crippen LogP contribution in [0.4, 0.5) is 11.4 Å². The predicted molar refractivity (Wildman–Crippen MR) is 112 cm³/mol. The molecule has 2 aromatic carbocycles. The van der Waals surface area contributed by atoms with Crippen molar-refractivity contribution in [3.63, 3.8) is 0 Å². The minimum Gasteiger partial charge on any atom is -0.492 e. The van der Waals surface area contributed by atoms with Crippen molar-refractivity contribution in [2.45, 2.75) is 20.8 Å². The van der Waals surface area contributed by atoms with E-state index >= 15 is 0 Å². The van der Waals surface area contributed by atoms with Crippen LogP contribution >= 0.6 is 0 Å². The van der Waals surface area contributed by atoms with Crippen LogP contribution in [0.3, 0.4) is 0 Å². The summed E-state index contributed by atoms with van der Waals surface area (Å²) in [6, 6.07) is 14.3. The lowest BCUT2D eigenvalue weighted by atomic mass is 10.1. The van der Waals surface area contributed by atoms with Crippen LogP contribution in [0.25, 0.3) is 11.0 Å². The smallest absolute Gasteiger partial charge is 0.349 e. The fraction of sp³-hybridized carbons (Fsp3) is 0.273. The van der Waals surface area contributed by atoms with Crippen molar-refractivity contribution in [2.75, 3.05) is 29.9 Å². The molecule has 1 aromatic heterocycles. The normalized spacial score (nSPS) is 10.7. The maximum Gasteiger partial charge on any atom is 0.349 e. The third kappa shape index (κ3) is 4.01. The summed E-state index contributed by atoms with van der Waals surface area (Å²) >= 11 is 0. The third-order valence-electron chi connectivity index (χ3n) is 4.53. The second-order valence-corrected chi connectivity index (χ2v) is 6.23. The van der Waals surface area contributed by atoms with Gasteiger partial charge in [0.25, 0.3) is 5.91 Å². The molecule has 0 saturated heterocycles. The van der Waals surface area contributed by atoms with E-state index in [2.05, 4.69) is 24.1 Å². The van der Waals surface area contributed by atoms with Gasteiger partial charge in [0.15, 0.2) is 0 Å². The van der Waals surface area contributed by atoms with Crippen LogP contribution in [0.1, 0.15) is 31.1 Å². The zero-order valence-corrected chi connectivity index (χ0v) is 16.3. The van der Waals surface area contributed by atoms with E-state index in [4.69, 9.17) is 9.15 Å². The highest BCUT2D eigenvalue weighted by Gasteiger charge is 2.16. The van der Waals surface area contributed by atoms with Crippen LogP contribution in [0.15, 0.2) is 57.7 Å². The first kappa shape index (κ1) is 19.5. The van der Waals surface area contributed by atoms with E-state index in [1.165, 1.54) is 0 Å². The predicted octanol–water partition coefficient (Wildman–Crippen LogP) is 4.29. The monoisotopic (exact) mass is 380 g/mol. The second-order valence-electron chi connectivity index (χ2n) is 6.23. The highest BCUT2D eigenvalue weighted by Crippen LogP contribution is 2.25. The molecule has 0 radical (unpaired) electrons. The molecule has 0 aliphatic carbocycles. The van der Waals surface area contributed by atoms with E-state index < -0.39 is 11.5 Å². The summed E-state index contributed by atoms with van der Waals surface area (Å²) < 4.78 is 10.9. The summed E-state index contributed by atoms with van der Waals surface area (Å²) in [7, 11) is 0. The van der Waals surface area contributed by atoms with Crippen molar-refractivity contribution >= 4 is 28.3 Å². The largest absolute Gasteiger partial charge is 0.492 e. The molecule has 6 heteroatoms. The number of hydrogen-bond acceptors (Lipinski definition) is 5. The molecule has 1 N–H and O–H groups in total. The minimum absolute atomic E-state index is 0.0469. The standard InChI is InChI=1S/C22H24N2O4/c1-4-24(5-2)16-12-11-15-13-17(22(26)28-20(15)14-16)21(25)23-18-9-7-8-10-19(18)27-6-3/h7-14H,4-6H2,1-3H3,(H,23,25). The number of fused-ring (bicyclic) bond motifs is 1. The number of rotatable bonds is 7. The lowest BCUT2D eigenvalue weighted by Crippen LogP contribution is -2.22. The number of benzene rings is 2. The van der Waals surface area contributed by atoms with Crippen LogP contribution in [0.2, 0.25) is 0 Å². The van der Waals surface area contributed by atoms with Gasteiger partial charge in [0.1, 0.15) is 16.9 Å². The average Bonchev–Trinajstić information content (AvgIpc) is 2.70. The summed E-state index contributed by atoms with van der Waals surface area (Å²) in [6.45, 7) is 8.18. The number of carbonyl (C=O) groups is 1. The molecule has 0 bridgehead atoms. The molecule has 28 heavy (non-hydrogen) atoms. The molecule has 0 unspecified atom stereocenters. The summed E-state index contributed by atoms with van der Waals surface area (Å²) in [5.74, 6) is 0.0167. The molecular weight excluding hydrogens is 356 g/mol. The lowest BCUT2D eigenvalue weighted by molar-refractivity contribution is 0.102. The zero-order valence-electron chi connectivity index (χ0n) is 16.3. The SMILES string of the molecule is CCOc1ccccc1NC(=O)c1cc2ccc(N(CC)CC)cc2oc1=O. The first-order valence-corrected chi connectivity index (χ1v) is 9.43. The van der Waals surface area contributed by atoms with Gasteiger partial charge in [-0.25, -0.2) is 4.79 Å². The van der Waals surface area contributed by atoms with Gasteiger partial charge in [-0.2, -0.15) is 0 Å². The van der Waals surface area contributed by atoms with Crippen molar-refractivity contribution in [2.24, 2.45) is 0 Å². The Kier molecular flexibility index (Phi) is 5.99. The van der Waals surface area contributed by atoms with Crippen molar-refractivity contribution in [3.05, 3.63) is 64.5 Å². The van der Waals surface area contributed by atoms with E-state index in [1.54, 1.807) is 24.3 Å². The number of carbonyl (C=O) groups excluding carboxylic acids is 1. The molecule has 0 atom stereocenters. The second kappa shape index (κ2) is 8.61. The maximum atomic E-state index is 12.7. The highest BCUT2D eigenvalue weighted by molar-refractivity contribution is 6.06. The average molecular weight is 380 g/mol. The van der Waals surface area contributed by atoms with E-state index in [1.807, 2.05) is 31.2 Å². The summed E-state index contributed by atoms with van der Waals surface area (Å²) in [5.41, 5.74) is 1.22. The van der Waals surface area contributed by atoms with Crippen LogP contribution in [0, 0.1) is 0 Å². The lowest BCUT2D eigenvalue weighted by Gasteiger charge is -2.21. The fourth-order valence-electron chi connectivity index (χ4n) is 3.08. The van der Waals surface area contributed by atoms with Gasteiger partial charge in [-0.05, 0) is 51.1 Å². The first-order valence-electron chi connectivity index (χ1n) is 9.43. The number of nitrogens with one attached hydrogen (secondary N) is 1. The van der Waals surface area contributed by atoms with Crippen LogP contribution in [0.5, 0.6) is 5.75 Å². The molecule has 3 rings (SSSR count). The molecular formula is C22H24N2O4. The molecule has 1 amide bonds. The van der Waals surface area contributed by atoms with Gasteiger partial charge in [0.05, 0.1) is 12.3 Å². The molecule has 3 aromatic rings. The summed E-state index contributed by atoms with van der Waals surface area (Å²) in [4.78, 5) is 27.2. The first-order chi connectivity index (χ1) is 13.6. The number of anilines is 2. The Morgan fingerprint density at radius 3 is 2.54 bits per heavy atom. The topological polar surface area (TPSA) is 71.8 Å². The van der Waals surface area contributed by atoms with Gasteiger partial charge in [-0.3, -0.25) is 4.79 Å². The molecule has 146 valence electrons.